The van der Waals surface area contributed by atoms with Gasteiger partial charge in [0.1, 0.15) is 0 Å². The van der Waals surface area contributed by atoms with Crippen LogP contribution in [-0.2, 0) is 7.05 Å². The minimum atomic E-state index is 0.550. The zero-order valence-corrected chi connectivity index (χ0v) is 12.0. The van der Waals surface area contributed by atoms with Gasteiger partial charge in [-0.2, -0.15) is 0 Å². The topological polar surface area (TPSA) is 33.1 Å². The molecule has 0 bridgehead atoms. The number of hydrogen-bond donors (Lipinski definition) is 1. The highest BCUT2D eigenvalue weighted by Gasteiger charge is 2.17. The number of benzene rings is 1. The average molecular weight is 258 g/mol. The van der Waals surface area contributed by atoms with Gasteiger partial charge in [0.2, 0.25) is 5.95 Å². The molecule has 0 spiro atoms. The molecule has 102 valence electrons. The molecular formula is C15H22N4. The van der Waals surface area contributed by atoms with Crippen LogP contribution >= 0.6 is 0 Å². The van der Waals surface area contributed by atoms with Crippen LogP contribution < -0.4 is 10.2 Å². The third-order valence-corrected chi connectivity index (χ3v) is 3.95. The van der Waals surface area contributed by atoms with E-state index in [-0.39, 0.29) is 0 Å². The van der Waals surface area contributed by atoms with Crippen molar-refractivity contribution in [3.63, 3.8) is 0 Å². The summed E-state index contributed by atoms with van der Waals surface area (Å²) in [6, 6.07) is 6.64. The summed E-state index contributed by atoms with van der Waals surface area (Å²) in [6.07, 6.45) is 0. The molecule has 1 saturated heterocycles. The van der Waals surface area contributed by atoms with Crippen molar-refractivity contribution in [2.75, 3.05) is 31.1 Å². The van der Waals surface area contributed by atoms with Crippen LogP contribution in [0.3, 0.4) is 0 Å². The van der Waals surface area contributed by atoms with Gasteiger partial charge in [-0.25, -0.2) is 4.98 Å². The summed E-state index contributed by atoms with van der Waals surface area (Å²) in [5, 5.41) is 3.38. The van der Waals surface area contributed by atoms with E-state index >= 15 is 0 Å². The fourth-order valence-corrected chi connectivity index (χ4v) is 2.71. The van der Waals surface area contributed by atoms with Crippen molar-refractivity contribution in [2.45, 2.75) is 19.8 Å². The molecule has 0 saturated carbocycles. The molecule has 0 atom stereocenters. The second kappa shape index (κ2) is 4.85. The monoisotopic (exact) mass is 258 g/mol. The Morgan fingerprint density at radius 1 is 1.21 bits per heavy atom. The van der Waals surface area contributed by atoms with Gasteiger partial charge in [-0.1, -0.05) is 19.9 Å². The van der Waals surface area contributed by atoms with Gasteiger partial charge in [0.25, 0.3) is 0 Å². The molecular weight excluding hydrogens is 236 g/mol. The molecule has 3 rings (SSSR count). The van der Waals surface area contributed by atoms with Gasteiger partial charge < -0.3 is 14.8 Å². The van der Waals surface area contributed by atoms with Crippen LogP contribution in [0.1, 0.15) is 25.3 Å². The predicted molar refractivity (Wildman–Crippen MR) is 79.9 cm³/mol. The Balaban J connectivity index is 2.03. The largest absolute Gasteiger partial charge is 0.340 e. The van der Waals surface area contributed by atoms with Crippen molar-refractivity contribution in [1.82, 2.24) is 14.9 Å². The Bertz CT molecular complexity index is 579. The minimum Gasteiger partial charge on any atom is -0.340 e. The summed E-state index contributed by atoms with van der Waals surface area (Å²) < 4.78 is 2.21. The standard InChI is InChI=1S/C15H22N4/c1-11(2)12-4-5-14-13(10-12)17-15(18(14)3)19-8-6-16-7-9-19/h4-5,10-11,16H,6-9H2,1-3H3. The first-order valence-electron chi connectivity index (χ1n) is 7.09. The van der Waals surface area contributed by atoms with Gasteiger partial charge in [-0.15, -0.1) is 0 Å². The molecule has 0 radical (unpaired) electrons. The molecule has 4 nitrogen and oxygen atoms in total. The molecule has 1 N–H and O–H groups in total. The van der Waals surface area contributed by atoms with Gasteiger partial charge in [-0.3, -0.25) is 0 Å². The lowest BCUT2D eigenvalue weighted by Crippen LogP contribution is -2.44. The molecule has 4 heteroatoms. The number of nitrogens with zero attached hydrogens (tertiary/aromatic N) is 3. The molecule has 0 amide bonds. The smallest absolute Gasteiger partial charge is 0.206 e. The van der Waals surface area contributed by atoms with E-state index in [1.165, 1.54) is 11.1 Å². The summed E-state index contributed by atoms with van der Waals surface area (Å²) in [5.74, 6) is 1.64. The van der Waals surface area contributed by atoms with Crippen molar-refractivity contribution in [2.24, 2.45) is 7.05 Å². The Morgan fingerprint density at radius 3 is 2.63 bits per heavy atom. The van der Waals surface area contributed by atoms with Crippen LogP contribution in [0.25, 0.3) is 11.0 Å². The van der Waals surface area contributed by atoms with E-state index in [4.69, 9.17) is 4.98 Å². The summed E-state index contributed by atoms with van der Waals surface area (Å²) in [6.45, 7) is 8.60. The van der Waals surface area contributed by atoms with Gasteiger partial charge in [0.05, 0.1) is 11.0 Å². The van der Waals surface area contributed by atoms with E-state index < -0.39 is 0 Å². The number of imidazole rings is 1. The number of piperazine rings is 1. The van der Waals surface area contributed by atoms with Crippen LogP contribution in [0.2, 0.25) is 0 Å². The van der Waals surface area contributed by atoms with E-state index in [0.717, 1.165) is 37.6 Å². The third-order valence-electron chi connectivity index (χ3n) is 3.95. The van der Waals surface area contributed by atoms with E-state index in [9.17, 15) is 0 Å². The fourth-order valence-electron chi connectivity index (χ4n) is 2.71. The molecule has 1 fully saturated rings. The first kappa shape index (κ1) is 12.5. The zero-order valence-electron chi connectivity index (χ0n) is 12.0. The number of anilines is 1. The Morgan fingerprint density at radius 2 is 1.95 bits per heavy atom. The number of nitrogens with one attached hydrogen (secondary N) is 1. The van der Waals surface area contributed by atoms with Crippen molar-refractivity contribution >= 4 is 17.0 Å². The maximum absolute atomic E-state index is 4.84. The molecule has 19 heavy (non-hydrogen) atoms. The molecule has 1 aromatic carbocycles. The van der Waals surface area contributed by atoms with Gasteiger partial charge in [0.15, 0.2) is 0 Å². The molecule has 2 heterocycles. The second-order valence-electron chi connectivity index (χ2n) is 5.61. The number of aryl methyl sites for hydroxylation is 1. The minimum absolute atomic E-state index is 0.550. The SMILES string of the molecule is CC(C)c1ccc2c(c1)nc(N1CCNCC1)n2C. The van der Waals surface area contributed by atoms with E-state index in [1.807, 2.05) is 0 Å². The van der Waals surface area contributed by atoms with E-state index in [2.05, 4.69) is 53.9 Å². The first-order chi connectivity index (χ1) is 9.16. The average Bonchev–Trinajstić information content (AvgIpc) is 2.76. The Labute approximate surface area is 114 Å². The summed E-state index contributed by atoms with van der Waals surface area (Å²) in [5.41, 5.74) is 3.69. The van der Waals surface area contributed by atoms with Gasteiger partial charge in [0, 0.05) is 33.2 Å². The number of hydrogen-bond acceptors (Lipinski definition) is 3. The van der Waals surface area contributed by atoms with Crippen molar-refractivity contribution in [3.05, 3.63) is 23.8 Å². The normalized spacial score (nSPS) is 16.5. The van der Waals surface area contributed by atoms with Crippen molar-refractivity contribution in [1.29, 1.82) is 0 Å². The lowest BCUT2D eigenvalue weighted by molar-refractivity contribution is 0.575. The zero-order chi connectivity index (χ0) is 13.4. The second-order valence-corrected chi connectivity index (χ2v) is 5.61. The molecule has 1 aromatic heterocycles. The molecule has 1 aliphatic rings. The molecule has 0 unspecified atom stereocenters. The summed E-state index contributed by atoms with van der Waals surface area (Å²) >= 11 is 0. The van der Waals surface area contributed by atoms with Crippen molar-refractivity contribution in [3.8, 4) is 0 Å². The molecule has 2 aromatic rings. The first-order valence-corrected chi connectivity index (χ1v) is 7.09. The highest BCUT2D eigenvalue weighted by Crippen LogP contribution is 2.25. The number of aromatic nitrogens is 2. The summed E-state index contributed by atoms with van der Waals surface area (Å²) in [4.78, 5) is 7.21. The van der Waals surface area contributed by atoms with Crippen molar-refractivity contribution < 1.29 is 0 Å². The van der Waals surface area contributed by atoms with Crippen LogP contribution in [0.5, 0.6) is 0 Å². The van der Waals surface area contributed by atoms with E-state index in [1.54, 1.807) is 0 Å². The number of fused-ring (bicyclic) bond motifs is 1. The molecule has 0 aliphatic carbocycles. The Kier molecular flexibility index (Phi) is 3.19. The van der Waals surface area contributed by atoms with Crippen LogP contribution in [0.4, 0.5) is 5.95 Å². The van der Waals surface area contributed by atoms with Gasteiger partial charge in [-0.05, 0) is 23.6 Å². The predicted octanol–water partition coefficient (Wildman–Crippen LogP) is 2.11. The quantitative estimate of drug-likeness (QED) is 0.895. The maximum Gasteiger partial charge on any atom is 0.206 e. The maximum atomic E-state index is 4.84. The number of rotatable bonds is 2. The highest BCUT2D eigenvalue weighted by atomic mass is 15.3. The molecule has 1 aliphatic heterocycles. The lowest BCUT2D eigenvalue weighted by atomic mass is 10.0. The lowest BCUT2D eigenvalue weighted by Gasteiger charge is -2.28. The van der Waals surface area contributed by atoms with Crippen LogP contribution in [-0.4, -0.2) is 35.7 Å². The van der Waals surface area contributed by atoms with E-state index in [0.29, 0.717) is 5.92 Å². The fraction of sp³-hybridized carbons (Fsp3) is 0.533. The summed E-state index contributed by atoms with van der Waals surface area (Å²) in [7, 11) is 2.11. The Hall–Kier alpha value is -1.55. The highest BCUT2D eigenvalue weighted by molar-refractivity contribution is 5.79. The van der Waals surface area contributed by atoms with Crippen LogP contribution in [0.15, 0.2) is 18.2 Å². The third kappa shape index (κ3) is 2.21. The van der Waals surface area contributed by atoms with Gasteiger partial charge >= 0.3 is 0 Å². The van der Waals surface area contributed by atoms with Crippen LogP contribution in [0, 0.1) is 0 Å².